The molecule has 0 bridgehead atoms. The molecule has 4 nitrogen and oxygen atoms in total. The highest BCUT2D eigenvalue weighted by Crippen LogP contribution is 2.39. The van der Waals surface area contributed by atoms with Gasteiger partial charge in [0.2, 0.25) is 10.0 Å². The highest BCUT2D eigenvalue weighted by Gasteiger charge is 2.37. The molecule has 1 heterocycles. The van der Waals surface area contributed by atoms with Crippen LogP contribution in [0.5, 0.6) is 5.75 Å². The summed E-state index contributed by atoms with van der Waals surface area (Å²) in [4.78, 5) is 0.289. The Balaban J connectivity index is 1.98. The maximum atomic E-state index is 13.2. The molecule has 0 radical (unpaired) electrons. The number of benzene rings is 2. The fourth-order valence-corrected chi connectivity index (χ4v) is 6.14. The van der Waals surface area contributed by atoms with Crippen LogP contribution >= 0.6 is 31.9 Å². The smallest absolute Gasteiger partial charge is 0.244 e. The molecule has 7 heteroatoms. The van der Waals surface area contributed by atoms with Crippen molar-refractivity contribution in [3.05, 3.63) is 57.0 Å². The normalized spacial score (nSPS) is 18.7. The first-order valence-corrected chi connectivity index (χ1v) is 10.6. The molecule has 0 aromatic heterocycles. The summed E-state index contributed by atoms with van der Waals surface area (Å²) in [6, 6.07) is 12.7. The van der Waals surface area contributed by atoms with E-state index in [0.717, 1.165) is 28.6 Å². The van der Waals surface area contributed by atoms with Crippen molar-refractivity contribution < 1.29 is 13.2 Å². The molecule has 1 atom stereocenters. The van der Waals surface area contributed by atoms with Gasteiger partial charge < -0.3 is 4.74 Å². The second kappa shape index (κ2) is 7.15. The molecule has 1 aliphatic heterocycles. The van der Waals surface area contributed by atoms with E-state index in [9.17, 15) is 8.42 Å². The van der Waals surface area contributed by atoms with Crippen molar-refractivity contribution in [2.45, 2.75) is 23.8 Å². The summed E-state index contributed by atoms with van der Waals surface area (Å²) in [6.45, 7) is 0.526. The van der Waals surface area contributed by atoms with Gasteiger partial charge in [-0.3, -0.25) is 0 Å². The lowest BCUT2D eigenvalue weighted by atomic mass is 10.1. The molecule has 1 saturated heterocycles. The Bertz CT molecular complexity index is 837. The van der Waals surface area contributed by atoms with Gasteiger partial charge in [0.25, 0.3) is 0 Å². The highest BCUT2D eigenvalue weighted by atomic mass is 79.9. The maximum absolute atomic E-state index is 13.2. The average Bonchev–Trinajstić information content (AvgIpc) is 3.07. The van der Waals surface area contributed by atoms with Crippen molar-refractivity contribution in [3.63, 3.8) is 0 Å². The third-order valence-corrected chi connectivity index (χ3v) is 7.58. The van der Waals surface area contributed by atoms with Gasteiger partial charge in [0.15, 0.2) is 0 Å². The van der Waals surface area contributed by atoms with E-state index in [-0.39, 0.29) is 10.9 Å². The quantitative estimate of drug-likeness (QED) is 0.642. The van der Waals surface area contributed by atoms with E-state index in [1.807, 2.05) is 30.3 Å². The number of nitrogens with zero attached hydrogens (tertiary/aromatic N) is 1. The van der Waals surface area contributed by atoms with Gasteiger partial charge in [-0.25, -0.2) is 8.42 Å². The highest BCUT2D eigenvalue weighted by molar-refractivity contribution is 9.11. The minimum atomic E-state index is -3.58. The number of hydrogen-bond donors (Lipinski definition) is 0. The molecule has 2 aromatic carbocycles. The summed E-state index contributed by atoms with van der Waals surface area (Å²) in [5, 5.41) is 0. The fourth-order valence-electron chi connectivity index (χ4n) is 2.99. The van der Waals surface area contributed by atoms with Gasteiger partial charge >= 0.3 is 0 Å². The minimum Gasteiger partial charge on any atom is -0.497 e. The topological polar surface area (TPSA) is 46.6 Å². The molecular weight excluding hydrogens is 458 g/mol. The first kappa shape index (κ1) is 17.9. The van der Waals surface area contributed by atoms with Gasteiger partial charge in [0.1, 0.15) is 5.75 Å². The van der Waals surface area contributed by atoms with Crippen LogP contribution in [0.15, 0.2) is 56.3 Å². The summed E-state index contributed by atoms with van der Waals surface area (Å²) in [7, 11) is -1.96. The largest absolute Gasteiger partial charge is 0.497 e. The predicted octanol–water partition coefficient (Wildman–Crippen LogP) is 4.75. The van der Waals surface area contributed by atoms with Crippen LogP contribution in [0.4, 0.5) is 0 Å². The third-order valence-electron chi connectivity index (χ3n) is 4.18. The van der Waals surface area contributed by atoms with E-state index >= 15 is 0 Å². The van der Waals surface area contributed by atoms with Gasteiger partial charge in [0.05, 0.1) is 18.0 Å². The van der Waals surface area contributed by atoms with Gasteiger partial charge in [-0.2, -0.15) is 4.31 Å². The number of ether oxygens (including phenoxy) is 1. The monoisotopic (exact) mass is 473 g/mol. The standard InChI is InChI=1S/C17H17Br2NO3S/c1-23-14-7-4-12(5-8-14)16-3-2-10-20(16)24(21,22)17-11-13(18)6-9-15(17)19/h4-9,11,16H,2-3,10H2,1H3/t16-/m0/s1. The number of rotatable bonds is 4. The number of hydrogen-bond acceptors (Lipinski definition) is 3. The Hall–Kier alpha value is -0.890. The fraction of sp³-hybridized carbons (Fsp3) is 0.294. The van der Waals surface area contributed by atoms with Crippen LogP contribution in [0.2, 0.25) is 0 Å². The van der Waals surface area contributed by atoms with Gasteiger partial charge in [-0.05, 0) is 64.7 Å². The Morgan fingerprint density at radius 1 is 1.12 bits per heavy atom. The molecule has 3 rings (SSSR count). The predicted molar refractivity (Wildman–Crippen MR) is 101 cm³/mol. The summed E-state index contributed by atoms with van der Waals surface area (Å²) >= 11 is 6.72. The Labute approximate surface area is 159 Å². The van der Waals surface area contributed by atoms with Crippen molar-refractivity contribution in [1.82, 2.24) is 4.31 Å². The third kappa shape index (κ3) is 3.40. The van der Waals surface area contributed by atoms with Gasteiger partial charge in [-0.15, -0.1) is 0 Å². The molecule has 0 spiro atoms. The second-order valence-corrected chi connectivity index (χ2v) is 9.25. The molecule has 128 valence electrons. The first-order chi connectivity index (χ1) is 11.4. The molecule has 0 N–H and O–H groups in total. The lowest BCUT2D eigenvalue weighted by Gasteiger charge is -2.25. The van der Waals surface area contributed by atoms with Crippen LogP contribution in [0.3, 0.4) is 0 Å². The van der Waals surface area contributed by atoms with E-state index in [1.54, 1.807) is 23.5 Å². The Morgan fingerprint density at radius 2 is 1.83 bits per heavy atom. The summed E-state index contributed by atoms with van der Waals surface area (Å²) in [6.07, 6.45) is 1.67. The number of halogens is 2. The van der Waals surface area contributed by atoms with Crippen molar-refractivity contribution >= 4 is 41.9 Å². The van der Waals surface area contributed by atoms with Crippen LogP contribution in [0.25, 0.3) is 0 Å². The first-order valence-electron chi connectivity index (χ1n) is 7.54. The lowest BCUT2D eigenvalue weighted by molar-refractivity contribution is 0.394. The number of sulfonamides is 1. The van der Waals surface area contributed by atoms with Crippen LogP contribution < -0.4 is 4.74 Å². The van der Waals surface area contributed by atoms with Gasteiger partial charge in [-0.1, -0.05) is 28.1 Å². The van der Waals surface area contributed by atoms with Crippen molar-refractivity contribution in [2.24, 2.45) is 0 Å². The molecule has 2 aromatic rings. The van der Waals surface area contributed by atoms with Crippen molar-refractivity contribution in [3.8, 4) is 5.75 Å². The van der Waals surface area contributed by atoms with Crippen LogP contribution in [0.1, 0.15) is 24.4 Å². The molecule has 0 saturated carbocycles. The Kier molecular flexibility index (Phi) is 5.34. The molecule has 0 aliphatic carbocycles. The van der Waals surface area contributed by atoms with E-state index in [1.165, 1.54) is 0 Å². The number of methoxy groups -OCH3 is 1. The molecule has 1 aliphatic rings. The summed E-state index contributed by atoms with van der Waals surface area (Å²) in [5.41, 5.74) is 0.989. The maximum Gasteiger partial charge on any atom is 0.244 e. The molecule has 1 fully saturated rings. The van der Waals surface area contributed by atoms with E-state index in [2.05, 4.69) is 31.9 Å². The molecule has 0 unspecified atom stereocenters. The van der Waals surface area contributed by atoms with E-state index in [0.29, 0.717) is 11.0 Å². The van der Waals surface area contributed by atoms with E-state index in [4.69, 9.17) is 4.74 Å². The zero-order valence-corrected chi connectivity index (χ0v) is 17.1. The lowest BCUT2D eigenvalue weighted by Crippen LogP contribution is -2.31. The summed E-state index contributed by atoms with van der Waals surface area (Å²) < 4.78 is 34.4. The molecule has 0 amide bonds. The van der Waals surface area contributed by atoms with Crippen LogP contribution in [-0.2, 0) is 10.0 Å². The second-order valence-electron chi connectivity index (χ2n) is 5.62. The van der Waals surface area contributed by atoms with E-state index < -0.39 is 10.0 Å². The zero-order valence-electron chi connectivity index (χ0n) is 13.1. The molecule has 24 heavy (non-hydrogen) atoms. The SMILES string of the molecule is COc1ccc([C@@H]2CCCN2S(=O)(=O)c2cc(Br)ccc2Br)cc1. The van der Waals surface area contributed by atoms with Crippen LogP contribution in [-0.4, -0.2) is 26.4 Å². The zero-order chi connectivity index (χ0) is 17.3. The minimum absolute atomic E-state index is 0.146. The summed E-state index contributed by atoms with van der Waals surface area (Å²) in [5.74, 6) is 0.765. The average molecular weight is 475 g/mol. The van der Waals surface area contributed by atoms with Crippen LogP contribution in [0, 0.1) is 0 Å². The van der Waals surface area contributed by atoms with Crippen molar-refractivity contribution in [1.29, 1.82) is 0 Å². The molecular formula is C17H17Br2NO3S. The van der Waals surface area contributed by atoms with Crippen molar-refractivity contribution in [2.75, 3.05) is 13.7 Å². The Morgan fingerprint density at radius 3 is 2.50 bits per heavy atom. The van der Waals surface area contributed by atoms with Gasteiger partial charge in [0, 0.05) is 15.5 Å².